The van der Waals surface area contributed by atoms with Crippen molar-refractivity contribution in [3.05, 3.63) is 42.2 Å². The minimum atomic E-state index is -0.980. The maximum Gasteiger partial charge on any atom is 0.249 e. The molecule has 2 bridgehead atoms. The Kier molecular flexibility index (Phi) is 2.72. The van der Waals surface area contributed by atoms with Gasteiger partial charge in [-0.1, -0.05) is 13.0 Å². The van der Waals surface area contributed by atoms with Crippen LogP contribution in [0.4, 0.5) is 8.78 Å². The summed E-state index contributed by atoms with van der Waals surface area (Å²) >= 11 is 0. The molecule has 3 heteroatoms. The fourth-order valence-corrected chi connectivity index (χ4v) is 4.21. The minimum absolute atomic E-state index is 0.0844. The fraction of sp³-hybridized carbons (Fsp3) is 0.533. The molecule has 1 aromatic rings. The quantitative estimate of drug-likeness (QED) is 0.572. The molecule has 96 valence electrons. The lowest BCUT2D eigenvalue weighted by molar-refractivity contribution is 0.258. The van der Waals surface area contributed by atoms with Crippen LogP contribution in [0, 0.1) is 35.4 Å². The number of hydrogen-bond acceptors (Lipinski definition) is 1. The molecule has 18 heavy (non-hydrogen) atoms. The Bertz CT molecular complexity index is 485. The Balaban J connectivity index is 2.02. The SMILES string of the molecule is C=CC1C2CC(CC2C)C1c1ccnc(F)c1F. The molecule has 0 saturated heterocycles. The van der Waals surface area contributed by atoms with E-state index >= 15 is 0 Å². The van der Waals surface area contributed by atoms with Crippen molar-refractivity contribution in [1.29, 1.82) is 0 Å². The molecule has 5 atom stereocenters. The second-order valence-corrected chi connectivity index (χ2v) is 5.72. The predicted molar refractivity (Wildman–Crippen MR) is 66.0 cm³/mol. The number of hydrogen-bond donors (Lipinski definition) is 0. The summed E-state index contributed by atoms with van der Waals surface area (Å²) in [5.41, 5.74) is 0.492. The van der Waals surface area contributed by atoms with E-state index in [1.165, 1.54) is 6.20 Å². The van der Waals surface area contributed by atoms with Gasteiger partial charge in [0.1, 0.15) is 0 Å². The average molecular weight is 249 g/mol. The molecule has 0 radical (unpaired) electrons. The first kappa shape index (κ1) is 11.8. The fourth-order valence-electron chi connectivity index (χ4n) is 4.21. The Morgan fingerprint density at radius 2 is 2.17 bits per heavy atom. The molecule has 1 heterocycles. The van der Waals surface area contributed by atoms with E-state index in [4.69, 9.17) is 0 Å². The highest BCUT2D eigenvalue weighted by atomic mass is 19.2. The summed E-state index contributed by atoms with van der Waals surface area (Å²) < 4.78 is 27.2. The van der Waals surface area contributed by atoms with E-state index in [9.17, 15) is 8.78 Å². The van der Waals surface area contributed by atoms with Gasteiger partial charge in [0.25, 0.3) is 0 Å². The van der Waals surface area contributed by atoms with Crippen LogP contribution in [0.2, 0.25) is 0 Å². The van der Waals surface area contributed by atoms with Crippen molar-refractivity contribution in [3.63, 3.8) is 0 Å². The van der Waals surface area contributed by atoms with Gasteiger partial charge in [0.15, 0.2) is 5.82 Å². The first-order chi connectivity index (χ1) is 8.63. The Morgan fingerprint density at radius 3 is 2.89 bits per heavy atom. The molecule has 1 aromatic heterocycles. The number of fused-ring (bicyclic) bond motifs is 2. The minimum Gasteiger partial charge on any atom is -0.226 e. The molecule has 0 aliphatic heterocycles. The van der Waals surface area contributed by atoms with Gasteiger partial charge >= 0.3 is 0 Å². The molecule has 0 spiro atoms. The first-order valence-electron chi connectivity index (χ1n) is 6.56. The van der Waals surface area contributed by atoms with E-state index in [1.807, 2.05) is 6.08 Å². The lowest BCUT2D eigenvalue weighted by atomic mass is 9.72. The van der Waals surface area contributed by atoms with Crippen molar-refractivity contribution in [2.24, 2.45) is 23.7 Å². The summed E-state index contributed by atoms with van der Waals surface area (Å²) in [6, 6.07) is 1.63. The summed E-state index contributed by atoms with van der Waals surface area (Å²) in [7, 11) is 0. The van der Waals surface area contributed by atoms with Crippen LogP contribution in [0.1, 0.15) is 31.2 Å². The molecule has 0 amide bonds. The van der Waals surface area contributed by atoms with Crippen LogP contribution in [0.15, 0.2) is 24.9 Å². The second kappa shape index (κ2) is 4.15. The zero-order valence-electron chi connectivity index (χ0n) is 10.4. The number of aromatic nitrogens is 1. The van der Waals surface area contributed by atoms with Crippen LogP contribution in [-0.4, -0.2) is 4.98 Å². The molecule has 2 aliphatic rings. The standard InChI is InChI=1S/C15H17F2N/c1-3-10-12-7-9(6-8(12)2)13(10)11-4-5-18-15(17)14(11)16/h3-5,8-10,12-13H,1,6-7H2,2H3. The zero-order valence-corrected chi connectivity index (χ0v) is 10.4. The number of rotatable bonds is 2. The van der Waals surface area contributed by atoms with E-state index < -0.39 is 11.8 Å². The van der Waals surface area contributed by atoms with Crippen LogP contribution in [0.25, 0.3) is 0 Å². The molecule has 2 aliphatic carbocycles. The van der Waals surface area contributed by atoms with Crippen molar-refractivity contribution < 1.29 is 8.78 Å². The van der Waals surface area contributed by atoms with Crippen molar-refractivity contribution in [2.45, 2.75) is 25.7 Å². The van der Waals surface area contributed by atoms with Gasteiger partial charge in [0, 0.05) is 6.20 Å². The lowest BCUT2D eigenvalue weighted by Crippen LogP contribution is -2.25. The highest BCUT2D eigenvalue weighted by Crippen LogP contribution is 2.59. The number of halogens is 2. The second-order valence-electron chi connectivity index (χ2n) is 5.72. The van der Waals surface area contributed by atoms with E-state index in [0.29, 0.717) is 23.3 Å². The van der Waals surface area contributed by atoms with Gasteiger partial charge in [-0.05, 0) is 54.1 Å². The van der Waals surface area contributed by atoms with Gasteiger partial charge in [0.05, 0.1) is 0 Å². The van der Waals surface area contributed by atoms with E-state index in [0.717, 1.165) is 12.8 Å². The van der Waals surface area contributed by atoms with E-state index in [1.54, 1.807) is 6.07 Å². The van der Waals surface area contributed by atoms with Gasteiger partial charge < -0.3 is 0 Å². The largest absolute Gasteiger partial charge is 0.249 e. The molecule has 3 rings (SSSR count). The lowest BCUT2D eigenvalue weighted by Gasteiger charge is -2.33. The summed E-state index contributed by atoms with van der Waals surface area (Å²) in [6.45, 7) is 6.14. The molecule has 2 fully saturated rings. The molecular formula is C15H17F2N. The number of nitrogens with zero attached hydrogens (tertiary/aromatic N) is 1. The van der Waals surface area contributed by atoms with E-state index in [-0.39, 0.29) is 11.8 Å². The topological polar surface area (TPSA) is 12.9 Å². The smallest absolute Gasteiger partial charge is 0.226 e. The van der Waals surface area contributed by atoms with Gasteiger partial charge in [0.2, 0.25) is 5.95 Å². The maximum atomic E-state index is 13.9. The summed E-state index contributed by atoms with van der Waals surface area (Å²) in [6.07, 6.45) is 5.53. The Hall–Kier alpha value is -1.25. The zero-order chi connectivity index (χ0) is 12.9. The first-order valence-corrected chi connectivity index (χ1v) is 6.56. The van der Waals surface area contributed by atoms with Crippen LogP contribution in [0.5, 0.6) is 0 Å². The Morgan fingerprint density at radius 1 is 1.39 bits per heavy atom. The third kappa shape index (κ3) is 1.53. The third-order valence-corrected chi connectivity index (χ3v) is 4.91. The van der Waals surface area contributed by atoms with Crippen LogP contribution in [-0.2, 0) is 0 Å². The summed E-state index contributed by atoms with van der Waals surface area (Å²) in [5, 5.41) is 0. The van der Waals surface area contributed by atoms with Crippen LogP contribution >= 0.6 is 0 Å². The van der Waals surface area contributed by atoms with E-state index in [2.05, 4.69) is 18.5 Å². The molecule has 2 saturated carbocycles. The van der Waals surface area contributed by atoms with Crippen LogP contribution in [0.3, 0.4) is 0 Å². The molecule has 5 unspecified atom stereocenters. The number of allylic oxidation sites excluding steroid dienone is 1. The van der Waals surface area contributed by atoms with Crippen molar-refractivity contribution >= 4 is 0 Å². The highest BCUT2D eigenvalue weighted by molar-refractivity contribution is 5.27. The van der Waals surface area contributed by atoms with Crippen LogP contribution < -0.4 is 0 Å². The van der Waals surface area contributed by atoms with Gasteiger partial charge in [-0.15, -0.1) is 6.58 Å². The van der Waals surface area contributed by atoms with Crippen molar-refractivity contribution in [3.8, 4) is 0 Å². The van der Waals surface area contributed by atoms with Gasteiger partial charge in [-0.3, -0.25) is 0 Å². The maximum absolute atomic E-state index is 13.9. The Labute approximate surface area is 106 Å². The van der Waals surface area contributed by atoms with Crippen molar-refractivity contribution in [1.82, 2.24) is 4.98 Å². The van der Waals surface area contributed by atoms with Crippen molar-refractivity contribution in [2.75, 3.05) is 0 Å². The number of pyridine rings is 1. The molecular weight excluding hydrogens is 232 g/mol. The third-order valence-electron chi connectivity index (χ3n) is 4.91. The summed E-state index contributed by atoms with van der Waals surface area (Å²) in [5.74, 6) is 0.318. The predicted octanol–water partition coefficient (Wildman–Crippen LogP) is 3.92. The molecule has 0 N–H and O–H groups in total. The van der Waals surface area contributed by atoms with Gasteiger partial charge in [-0.2, -0.15) is 4.39 Å². The summed E-state index contributed by atoms with van der Waals surface area (Å²) in [4.78, 5) is 3.37. The normalized spacial score (nSPS) is 38.1. The highest BCUT2D eigenvalue weighted by Gasteiger charge is 2.51. The molecule has 0 aromatic carbocycles. The van der Waals surface area contributed by atoms with Gasteiger partial charge in [-0.25, -0.2) is 9.37 Å². The average Bonchev–Trinajstić information content (AvgIpc) is 2.88. The monoisotopic (exact) mass is 249 g/mol. The molecule has 1 nitrogen and oxygen atoms in total.